The Morgan fingerprint density at radius 1 is 1.16 bits per heavy atom. The second-order valence-electron chi connectivity index (χ2n) is 11.1. The molecule has 10 heteroatoms. The van der Waals surface area contributed by atoms with Crippen LogP contribution in [0, 0.1) is 11.8 Å². The number of halogens is 1. The van der Waals surface area contributed by atoms with Gasteiger partial charge < -0.3 is 30.8 Å². The average Bonchev–Trinajstić information content (AvgIpc) is 3.35. The number of hydrogen-bond donors (Lipinski definition) is 5. The molecule has 1 saturated carbocycles. The van der Waals surface area contributed by atoms with Crippen LogP contribution in [0.4, 0.5) is 0 Å². The number of aliphatic imine (C=N–C) groups is 1. The van der Waals surface area contributed by atoms with Crippen LogP contribution in [0.2, 0.25) is 5.02 Å². The van der Waals surface area contributed by atoms with Crippen molar-refractivity contribution in [3.63, 3.8) is 0 Å². The Balaban J connectivity index is 1.50. The zero-order valence-electron chi connectivity index (χ0n) is 21.7. The fourth-order valence-corrected chi connectivity index (χ4v) is 7.18. The largest absolute Gasteiger partial charge is 0.386 e. The first kappa shape index (κ1) is 26.8. The van der Waals surface area contributed by atoms with Gasteiger partial charge in [0.2, 0.25) is 0 Å². The number of likely N-dealkylation sites (tertiary alicyclic amines) is 1. The number of nitrogens with one attached hydrogen (secondary N) is 2. The lowest BCUT2D eigenvalue weighted by Gasteiger charge is -2.51. The second-order valence-corrected chi connectivity index (χ2v) is 11.5. The van der Waals surface area contributed by atoms with E-state index in [0.29, 0.717) is 17.1 Å². The predicted molar refractivity (Wildman–Crippen MR) is 143 cm³/mol. The van der Waals surface area contributed by atoms with E-state index in [0.717, 1.165) is 37.9 Å². The molecule has 1 aromatic rings. The van der Waals surface area contributed by atoms with Crippen molar-refractivity contribution in [3.8, 4) is 0 Å². The van der Waals surface area contributed by atoms with E-state index in [-0.39, 0.29) is 11.8 Å². The number of ether oxygens (including phenoxy) is 1. The van der Waals surface area contributed by atoms with Gasteiger partial charge in [-0.2, -0.15) is 5.10 Å². The van der Waals surface area contributed by atoms with E-state index in [2.05, 4.69) is 25.7 Å². The SMILES string of the molecule is CN/N=C1/N=CNC2(C3CCCCCCC3)C1CCN2[C@@H]1O[C@H]([C@H](O)c2ccc(Cl)cc2)[C@@](C)(O)[C@H]1O. The second kappa shape index (κ2) is 10.8. The van der Waals surface area contributed by atoms with Crippen LogP contribution in [0.1, 0.15) is 70.0 Å². The summed E-state index contributed by atoms with van der Waals surface area (Å²) in [4.78, 5) is 6.75. The quantitative estimate of drug-likeness (QED) is 0.369. The molecular weight excluding hydrogens is 494 g/mol. The summed E-state index contributed by atoms with van der Waals surface area (Å²) in [5, 5.41) is 42.9. The predicted octanol–water partition coefficient (Wildman–Crippen LogP) is 2.75. The molecule has 0 amide bonds. The number of fused-ring (bicyclic) bond motifs is 1. The molecule has 0 aromatic heterocycles. The first-order valence-corrected chi connectivity index (χ1v) is 14.0. The summed E-state index contributed by atoms with van der Waals surface area (Å²) in [6.07, 6.45) is 6.42. The third-order valence-corrected chi connectivity index (χ3v) is 9.21. The Kier molecular flexibility index (Phi) is 7.82. The summed E-state index contributed by atoms with van der Waals surface area (Å²) in [6, 6.07) is 6.82. The monoisotopic (exact) mass is 533 g/mol. The number of hydrazone groups is 1. The van der Waals surface area contributed by atoms with Gasteiger partial charge in [-0.25, -0.2) is 4.99 Å². The van der Waals surface area contributed by atoms with Crippen molar-refractivity contribution in [3.05, 3.63) is 34.9 Å². The molecule has 2 saturated heterocycles. The lowest BCUT2D eigenvalue weighted by atomic mass is 9.74. The normalized spacial score (nSPS) is 39.1. The minimum atomic E-state index is -1.67. The van der Waals surface area contributed by atoms with Crippen LogP contribution in [0.3, 0.4) is 0 Å². The zero-order valence-corrected chi connectivity index (χ0v) is 22.4. The van der Waals surface area contributed by atoms with E-state index in [1.807, 2.05) is 0 Å². The Morgan fingerprint density at radius 3 is 2.51 bits per heavy atom. The van der Waals surface area contributed by atoms with Gasteiger partial charge in [0.15, 0.2) is 5.84 Å². The summed E-state index contributed by atoms with van der Waals surface area (Å²) in [6.45, 7) is 2.18. The maximum atomic E-state index is 11.5. The lowest BCUT2D eigenvalue weighted by molar-refractivity contribution is -0.157. The Bertz CT molecular complexity index is 997. The number of hydrogen-bond acceptors (Lipinski definition) is 8. The molecule has 9 nitrogen and oxygen atoms in total. The number of aliphatic hydroxyl groups is 3. The highest BCUT2D eigenvalue weighted by atomic mass is 35.5. The summed E-state index contributed by atoms with van der Waals surface area (Å²) in [7, 11) is 1.78. The topological polar surface area (TPSA) is 122 Å². The molecule has 1 aromatic carbocycles. The van der Waals surface area contributed by atoms with E-state index in [1.165, 1.54) is 19.3 Å². The van der Waals surface area contributed by atoms with Gasteiger partial charge in [0, 0.05) is 18.6 Å². The molecule has 7 atom stereocenters. The molecule has 3 heterocycles. The molecule has 0 radical (unpaired) electrons. The van der Waals surface area contributed by atoms with Gasteiger partial charge in [0.25, 0.3) is 0 Å². The minimum Gasteiger partial charge on any atom is -0.386 e. The van der Waals surface area contributed by atoms with Gasteiger partial charge in [-0.15, -0.1) is 0 Å². The Hall–Kier alpha value is -1.75. The molecule has 2 unspecified atom stereocenters. The van der Waals surface area contributed by atoms with Crippen LogP contribution in [0.15, 0.2) is 34.4 Å². The summed E-state index contributed by atoms with van der Waals surface area (Å²) in [5.74, 6) is 1.02. The van der Waals surface area contributed by atoms with E-state index >= 15 is 0 Å². The molecule has 0 bridgehead atoms. The highest BCUT2D eigenvalue weighted by molar-refractivity contribution is 6.30. The van der Waals surface area contributed by atoms with Crippen LogP contribution < -0.4 is 10.7 Å². The fraction of sp³-hybridized carbons (Fsp3) is 0.704. The minimum absolute atomic E-state index is 0.00429. The standard InChI is InChI=1S/C27H40ClN5O4/c1-26(36)22(35)25(37-23(26)21(34)17-10-12-19(28)13-11-17)33-15-14-20-24(32-29-2)30-16-31-27(20,33)18-8-6-4-3-5-7-9-18/h10-13,16,18,20-23,25,29,34-36H,3-9,14-15H2,1-2H3,(H,30,31,32)/t20?,21-,22+,23-,25-,26+,27?/m1/s1. The van der Waals surface area contributed by atoms with Crippen LogP contribution in [0.25, 0.3) is 0 Å². The van der Waals surface area contributed by atoms with Crippen LogP contribution in [-0.4, -0.2) is 75.7 Å². The molecule has 0 spiro atoms. The number of amidine groups is 1. The van der Waals surface area contributed by atoms with E-state index in [9.17, 15) is 15.3 Å². The van der Waals surface area contributed by atoms with Crippen molar-refractivity contribution in [2.45, 2.75) is 94.1 Å². The van der Waals surface area contributed by atoms with Crippen LogP contribution >= 0.6 is 11.6 Å². The third kappa shape index (κ3) is 4.68. The first-order valence-electron chi connectivity index (χ1n) is 13.6. The molecule has 204 valence electrons. The molecule has 4 aliphatic rings. The van der Waals surface area contributed by atoms with E-state index in [1.54, 1.807) is 44.6 Å². The lowest BCUT2D eigenvalue weighted by Crippen LogP contribution is -2.69. The van der Waals surface area contributed by atoms with Crippen LogP contribution in [-0.2, 0) is 4.74 Å². The molecule has 1 aliphatic carbocycles. The molecule has 37 heavy (non-hydrogen) atoms. The summed E-state index contributed by atoms with van der Waals surface area (Å²) in [5.41, 5.74) is 1.25. The van der Waals surface area contributed by atoms with E-state index < -0.39 is 35.8 Å². The first-order chi connectivity index (χ1) is 17.8. The highest BCUT2D eigenvalue weighted by Gasteiger charge is 2.64. The highest BCUT2D eigenvalue weighted by Crippen LogP contribution is 2.50. The van der Waals surface area contributed by atoms with Crippen LogP contribution in [0.5, 0.6) is 0 Å². The molecule has 5 rings (SSSR count). The maximum Gasteiger partial charge on any atom is 0.156 e. The van der Waals surface area contributed by atoms with Gasteiger partial charge in [0.05, 0.1) is 12.3 Å². The number of benzene rings is 1. The van der Waals surface area contributed by atoms with Gasteiger partial charge in [0.1, 0.15) is 35.8 Å². The van der Waals surface area contributed by atoms with E-state index in [4.69, 9.17) is 16.3 Å². The van der Waals surface area contributed by atoms with Gasteiger partial charge in [-0.05, 0) is 49.8 Å². The zero-order chi connectivity index (χ0) is 26.2. The maximum absolute atomic E-state index is 11.5. The Labute approximate surface area is 223 Å². The summed E-state index contributed by atoms with van der Waals surface area (Å²) >= 11 is 6.03. The molecular formula is C27H40ClN5O4. The third-order valence-electron chi connectivity index (χ3n) is 8.96. The molecule has 3 fully saturated rings. The van der Waals surface area contributed by atoms with Crippen molar-refractivity contribution in [2.24, 2.45) is 21.9 Å². The Morgan fingerprint density at radius 2 is 1.84 bits per heavy atom. The van der Waals surface area contributed by atoms with Crippen molar-refractivity contribution < 1.29 is 20.1 Å². The number of rotatable bonds is 5. The molecule has 3 aliphatic heterocycles. The number of aliphatic hydroxyl groups excluding tert-OH is 2. The van der Waals surface area contributed by atoms with Crippen molar-refractivity contribution in [1.82, 2.24) is 15.6 Å². The van der Waals surface area contributed by atoms with Crippen molar-refractivity contribution >= 4 is 23.8 Å². The smallest absolute Gasteiger partial charge is 0.156 e. The van der Waals surface area contributed by atoms with Gasteiger partial charge >= 0.3 is 0 Å². The average molecular weight is 534 g/mol. The van der Waals surface area contributed by atoms with Crippen molar-refractivity contribution in [1.29, 1.82) is 0 Å². The van der Waals surface area contributed by atoms with Crippen molar-refractivity contribution in [2.75, 3.05) is 13.6 Å². The van der Waals surface area contributed by atoms with Gasteiger partial charge in [-0.1, -0.05) is 55.8 Å². The number of nitrogens with zero attached hydrogens (tertiary/aromatic N) is 3. The van der Waals surface area contributed by atoms with Gasteiger partial charge in [-0.3, -0.25) is 4.90 Å². The summed E-state index contributed by atoms with van der Waals surface area (Å²) < 4.78 is 6.44. The molecule has 5 N–H and O–H groups in total. The fourth-order valence-electron chi connectivity index (χ4n) is 7.06.